The molecule has 0 spiro atoms. The summed E-state index contributed by atoms with van der Waals surface area (Å²) in [5, 5.41) is 4.65. The minimum Gasteiger partial charge on any atom is -0.396 e. The van der Waals surface area contributed by atoms with Crippen LogP contribution in [-0.4, -0.2) is 9.78 Å². The van der Waals surface area contributed by atoms with Gasteiger partial charge in [0.1, 0.15) is 5.69 Å². The molecule has 2 aromatic carbocycles. The first-order valence-corrected chi connectivity index (χ1v) is 7.52. The van der Waals surface area contributed by atoms with Gasteiger partial charge in [-0.05, 0) is 37.6 Å². The molecule has 3 rings (SSSR count). The van der Waals surface area contributed by atoms with Crippen LogP contribution in [-0.2, 0) is 0 Å². The summed E-state index contributed by atoms with van der Waals surface area (Å²) in [4.78, 5) is 0. The van der Waals surface area contributed by atoms with Crippen LogP contribution in [0.2, 0.25) is 0 Å². The maximum Gasteiger partial charge on any atom is 0.116 e. The average molecular weight is 342 g/mol. The second-order valence-electron chi connectivity index (χ2n) is 5.18. The summed E-state index contributed by atoms with van der Waals surface area (Å²) in [5.74, 6) is 0. The number of nitrogens with two attached hydrogens (primary N) is 1. The number of nitrogen functional groups attached to an aromatic ring is 1. The molecule has 0 radical (unpaired) electrons. The third kappa shape index (κ3) is 2.72. The SMILES string of the molecule is Cc1ccc(-n2cc(N)c(-c3cccc(Br)c3)n2)c(C)c1. The lowest BCUT2D eigenvalue weighted by Crippen LogP contribution is -1.98. The molecule has 21 heavy (non-hydrogen) atoms. The zero-order chi connectivity index (χ0) is 15.0. The smallest absolute Gasteiger partial charge is 0.116 e. The normalized spacial score (nSPS) is 10.8. The number of aryl methyl sites for hydroxylation is 2. The van der Waals surface area contributed by atoms with E-state index in [1.165, 1.54) is 11.1 Å². The summed E-state index contributed by atoms with van der Waals surface area (Å²) in [7, 11) is 0. The summed E-state index contributed by atoms with van der Waals surface area (Å²) < 4.78 is 2.86. The van der Waals surface area contributed by atoms with Crippen molar-refractivity contribution in [2.75, 3.05) is 5.73 Å². The van der Waals surface area contributed by atoms with E-state index in [4.69, 9.17) is 5.73 Å². The lowest BCUT2D eigenvalue weighted by molar-refractivity contribution is 0.876. The van der Waals surface area contributed by atoms with Gasteiger partial charge in [-0.25, -0.2) is 4.68 Å². The van der Waals surface area contributed by atoms with E-state index in [1.54, 1.807) is 0 Å². The van der Waals surface area contributed by atoms with Crippen LogP contribution in [0, 0.1) is 13.8 Å². The third-order valence-electron chi connectivity index (χ3n) is 3.44. The first-order chi connectivity index (χ1) is 10.0. The molecule has 0 atom stereocenters. The molecule has 0 saturated carbocycles. The van der Waals surface area contributed by atoms with Crippen LogP contribution in [0.3, 0.4) is 0 Å². The number of anilines is 1. The first kappa shape index (κ1) is 13.9. The lowest BCUT2D eigenvalue weighted by atomic mass is 10.1. The van der Waals surface area contributed by atoms with Gasteiger partial charge in [0.05, 0.1) is 17.6 Å². The van der Waals surface area contributed by atoms with Crippen LogP contribution in [0.15, 0.2) is 53.1 Å². The van der Waals surface area contributed by atoms with Crippen molar-refractivity contribution in [3.05, 3.63) is 64.3 Å². The number of rotatable bonds is 2. The molecule has 4 heteroatoms. The Bertz CT molecular complexity index is 806. The Morgan fingerprint density at radius 1 is 1.10 bits per heavy atom. The molecular weight excluding hydrogens is 326 g/mol. The van der Waals surface area contributed by atoms with Gasteiger partial charge in [0.2, 0.25) is 0 Å². The zero-order valence-corrected chi connectivity index (χ0v) is 13.6. The Kier molecular flexibility index (Phi) is 3.55. The van der Waals surface area contributed by atoms with E-state index < -0.39 is 0 Å². The molecule has 0 aliphatic rings. The summed E-state index contributed by atoms with van der Waals surface area (Å²) in [6, 6.07) is 14.3. The molecular formula is C17H16BrN3. The van der Waals surface area contributed by atoms with Crippen LogP contribution in [0.5, 0.6) is 0 Å². The summed E-state index contributed by atoms with van der Waals surface area (Å²) in [5.41, 5.74) is 12.1. The van der Waals surface area contributed by atoms with E-state index in [0.717, 1.165) is 21.4 Å². The number of benzene rings is 2. The predicted octanol–water partition coefficient (Wildman–Crippen LogP) is 4.50. The highest BCUT2D eigenvalue weighted by Gasteiger charge is 2.11. The predicted molar refractivity (Wildman–Crippen MR) is 90.6 cm³/mol. The van der Waals surface area contributed by atoms with Crippen molar-refractivity contribution in [1.29, 1.82) is 0 Å². The molecule has 3 aromatic rings. The molecule has 0 fully saturated rings. The Hall–Kier alpha value is -2.07. The van der Waals surface area contributed by atoms with E-state index >= 15 is 0 Å². The van der Waals surface area contributed by atoms with Gasteiger partial charge >= 0.3 is 0 Å². The van der Waals surface area contributed by atoms with Gasteiger partial charge in [-0.2, -0.15) is 5.10 Å². The maximum atomic E-state index is 6.14. The van der Waals surface area contributed by atoms with E-state index in [9.17, 15) is 0 Å². The summed E-state index contributed by atoms with van der Waals surface area (Å²) >= 11 is 3.48. The van der Waals surface area contributed by atoms with Crippen LogP contribution < -0.4 is 5.73 Å². The molecule has 1 heterocycles. The molecule has 0 aliphatic heterocycles. The Morgan fingerprint density at radius 2 is 1.90 bits per heavy atom. The minimum absolute atomic E-state index is 0.674. The fourth-order valence-electron chi connectivity index (χ4n) is 2.43. The van der Waals surface area contributed by atoms with Crippen molar-refractivity contribution >= 4 is 21.6 Å². The molecule has 0 bridgehead atoms. The Balaban J connectivity index is 2.09. The van der Waals surface area contributed by atoms with Crippen molar-refractivity contribution in [1.82, 2.24) is 9.78 Å². The number of aromatic nitrogens is 2. The second kappa shape index (κ2) is 5.37. The summed E-state index contributed by atoms with van der Waals surface area (Å²) in [6.45, 7) is 4.17. The van der Waals surface area contributed by atoms with Gasteiger partial charge in [0.15, 0.2) is 0 Å². The maximum absolute atomic E-state index is 6.14. The van der Waals surface area contributed by atoms with Gasteiger partial charge in [0.25, 0.3) is 0 Å². The van der Waals surface area contributed by atoms with Crippen LogP contribution in [0.25, 0.3) is 16.9 Å². The van der Waals surface area contributed by atoms with E-state index in [2.05, 4.69) is 53.1 Å². The van der Waals surface area contributed by atoms with Crippen molar-refractivity contribution in [3.8, 4) is 16.9 Å². The summed E-state index contributed by atoms with van der Waals surface area (Å²) in [6.07, 6.45) is 1.87. The zero-order valence-electron chi connectivity index (χ0n) is 12.0. The molecule has 0 unspecified atom stereocenters. The molecule has 1 aromatic heterocycles. The monoisotopic (exact) mass is 341 g/mol. The van der Waals surface area contributed by atoms with Gasteiger partial charge in [-0.15, -0.1) is 0 Å². The van der Waals surface area contributed by atoms with E-state index in [0.29, 0.717) is 5.69 Å². The molecule has 3 nitrogen and oxygen atoms in total. The Morgan fingerprint density at radius 3 is 2.62 bits per heavy atom. The van der Waals surface area contributed by atoms with Crippen molar-refractivity contribution in [3.63, 3.8) is 0 Å². The topological polar surface area (TPSA) is 43.8 Å². The number of hydrogen-bond acceptors (Lipinski definition) is 2. The van der Waals surface area contributed by atoms with Crippen LogP contribution in [0.4, 0.5) is 5.69 Å². The van der Waals surface area contributed by atoms with Gasteiger partial charge in [-0.1, -0.05) is 45.8 Å². The number of halogens is 1. The number of hydrogen-bond donors (Lipinski definition) is 1. The third-order valence-corrected chi connectivity index (χ3v) is 3.93. The molecule has 2 N–H and O–H groups in total. The van der Waals surface area contributed by atoms with Gasteiger partial charge < -0.3 is 5.73 Å². The molecule has 0 aliphatic carbocycles. The van der Waals surface area contributed by atoms with E-state index in [1.807, 2.05) is 35.1 Å². The largest absolute Gasteiger partial charge is 0.396 e. The average Bonchev–Trinajstić information content (AvgIpc) is 2.80. The molecule has 106 valence electrons. The van der Waals surface area contributed by atoms with Crippen LogP contribution in [0.1, 0.15) is 11.1 Å². The minimum atomic E-state index is 0.674. The van der Waals surface area contributed by atoms with E-state index in [-0.39, 0.29) is 0 Å². The molecule has 0 amide bonds. The molecule has 0 saturated heterocycles. The Labute approximate surface area is 132 Å². The second-order valence-corrected chi connectivity index (χ2v) is 6.09. The quantitative estimate of drug-likeness (QED) is 0.745. The fraction of sp³-hybridized carbons (Fsp3) is 0.118. The highest BCUT2D eigenvalue weighted by Crippen LogP contribution is 2.28. The van der Waals surface area contributed by atoms with Crippen molar-refractivity contribution < 1.29 is 0 Å². The highest BCUT2D eigenvalue weighted by atomic mass is 79.9. The fourth-order valence-corrected chi connectivity index (χ4v) is 2.83. The number of nitrogens with zero attached hydrogens (tertiary/aromatic N) is 2. The highest BCUT2D eigenvalue weighted by molar-refractivity contribution is 9.10. The van der Waals surface area contributed by atoms with Gasteiger partial charge in [0, 0.05) is 10.0 Å². The van der Waals surface area contributed by atoms with Crippen LogP contribution >= 0.6 is 15.9 Å². The standard InChI is InChI=1S/C17H16BrN3/c1-11-6-7-16(12(2)8-11)21-10-15(19)17(20-21)13-4-3-5-14(18)9-13/h3-10H,19H2,1-2H3. The first-order valence-electron chi connectivity index (χ1n) is 6.73. The lowest BCUT2D eigenvalue weighted by Gasteiger charge is -2.06. The van der Waals surface area contributed by atoms with Crippen molar-refractivity contribution in [2.24, 2.45) is 0 Å². The van der Waals surface area contributed by atoms with Crippen molar-refractivity contribution in [2.45, 2.75) is 13.8 Å². The van der Waals surface area contributed by atoms with Gasteiger partial charge in [-0.3, -0.25) is 0 Å².